The van der Waals surface area contributed by atoms with E-state index in [0.29, 0.717) is 35.7 Å². The van der Waals surface area contributed by atoms with E-state index in [1.54, 1.807) is 31.4 Å². The number of unbranched alkanes of at least 4 members (excludes halogenated alkanes) is 2. The van der Waals surface area contributed by atoms with Gasteiger partial charge in [0, 0.05) is 12.8 Å². The van der Waals surface area contributed by atoms with E-state index < -0.39 is 0 Å². The van der Waals surface area contributed by atoms with Gasteiger partial charge in [-0.2, -0.15) is 0 Å². The van der Waals surface area contributed by atoms with Crippen LogP contribution in [0.1, 0.15) is 32.1 Å². The van der Waals surface area contributed by atoms with E-state index >= 15 is 0 Å². The van der Waals surface area contributed by atoms with Gasteiger partial charge in [0.2, 0.25) is 11.8 Å². The minimum Gasteiger partial charge on any atom is -0.495 e. The molecule has 0 bridgehead atoms. The zero-order valence-corrected chi connectivity index (χ0v) is 15.0. The van der Waals surface area contributed by atoms with Gasteiger partial charge in [-0.15, -0.1) is 0 Å². The van der Waals surface area contributed by atoms with Gasteiger partial charge in [0.05, 0.1) is 24.2 Å². The molecule has 0 heterocycles. The molecule has 0 saturated carbocycles. The highest BCUT2D eigenvalue weighted by atomic mass is 16.5. The number of nitrogen functional groups attached to an aromatic ring is 1. The van der Waals surface area contributed by atoms with Gasteiger partial charge >= 0.3 is 0 Å². The molecule has 138 valence electrons. The average Bonchev–Trinajstić information content (AvgIpc) is 2.64. The first kappa shape index (κ1) is 19.3. The van der Waals surface area contributed by atoms with E-state index in [1.807, 2.05) is 24.3 Å². The third-order valence-electron chi connectivity index (χ3n) is 3.92. The second-order valence-electron chi connectivity index (χ2n) is 5.94. The smallest absolute Gasteiger partial charge is 0.224 e. The maximum Gasteiger partial charge on any atom is 0.224 e. The largest absolute Gasteiger partial charge is 0.495 e. The van der Waals surface area contributed by atoms with Gasteiger partial charge in [-0.3, -0.25) is 9.59 Å². The third-order valence-corrected chi connectivity index (χ3v) is 3.92. The number of rotatable bonds is 9. The van der Waals surface area contributed by atoms with Crippen LogP contribution in [0.5, 0.6) is 5.75 Å². The van der Waals surface area contributed by atoms with Crippen molar-refractivity contribution in [3.05, 3.63) is 48.5 Å². The second kappa shape index (κ2) is 10.1. The Morgan fingerprint density at radius 3 is 2.00 bits per heavy atom. The monoisotopic (exact) mass is 355 g/mol. The van der Waals surface area contributed by atoms with Gasteiger partial charge in [0.25, 0.3) is 0 Å². The highest BCUT2D eigenvalue weighted by Gasteiger charge is 2.08. The molecule has 0 aliphatic carbocycles. The van der Waals surface area contributed by atoms with Crippen molar-refractivity contribution in [3.8, 4) is 5.75 Å². The summed E-state index contributed by atoms with van der Waals surface area (Å²) in [6.45, 7) is 0. The standard InChI is InChI=1S/C20H25N3O3/c1-26-18-12-8-7-11-17(18)23-20(25)14-4-2-3-13-19(24)22-16-10-6-5-9-15(16)21/h5-12H,2-4,13-14,21H2,1H3,(H,22,24)(H,23,25). The van der Waals surface area contributed by atoms with Gasteiger partial charge in [-0.1, -0.05) is 30.7 Å². The predicted octanol–water partition coefficient (Wildman–Crippen LogP) is 3.81. The van der Waals surface area contributed by atoms with Crippen LogP contribution in [0.2, 0.25) is 0 Å². The molecular weight excluding hydrogens is 330 g/mol. The van der Waals surface area contributed by atoms with Crippen LogP contribution < -0.4 is 21.1 Å². The van der Waals surface area contributed by atoms with Crippen molar-refractivity contribution < 1.29 is 14.3 Å². The highest BCUT2D eigenvalue weighted by molar-refractivity contribution is 5.94. The number of nitrogens with one attached hydrogen (secondary N) is 2. The Kier molecular flexibility index (Phi) is 7.49. The summed E-state index contributed by atoms with van der Waals surface area (Å²) in [4.78, 5) is 23.9. The van der Waals surface area contributed by atoms with Gasteiger partial charge in [0.15, 0.2) is 0 Å². The third kappa shape index (κ3) is 6.12. The average molecular weight is 355 g/mol. The summed E-state index contributed by atoms with van der Waals surface area (Å²) < 4.78 is 5.20. The van der Waals surface area contributed by atoms with Crippen LogP contribution in [0.25, 0.3) is 0 Å². The fraction of sp³-hybridized carbons (Fsp3) is 0.300. The van der Waals surface area contributed by atoms with Gasteiger partial charge < -0.3 is 21.1 Å². The van der Waals surface area contributed by atoms with Crippen LogP contribution in [0.3, 0.4) is 0 Å². The topological polar surface area (TPSA) is 93.4 Å². The Labute approximate surface area is 153 Å². The molecule has 0 aromatic heterocycles. The van der Waals surface area contributed by atoms with E-state index in [-0.39, 0.29) is 11.8 Å². The number of ether oxygens (including phenoxy) is 1. The van der Waals surface area contributed by atoms with Crippen molar-refractivity contribution in [1.82, 2.24) is 0 Å². The predicted molar refractivity (Wildman–Crippen MR) is 104 cm³/mol. The summed E-state index contributed by atoms with van der Waals surface area (Å²) in [6.07, 6.45) is 3.06. The molecule has 26 heavy (non-hydrogen) atoms. The van der Waals surface area contributed by atoms with E-state index in [0.717, 1.165) is 19.3 Å². The summed E-state index contributed by atoms with van der Waals surface area (Å²) >= 11 is 0. The number of methoxy groups -OCH3 is 1. The minimum absolute atomic E-state index is 0.0592. The molecule has 0 atom stereocenters. The number of amides is 2. The lowest BCUT2D eigenvalue weighted by molar-refractivity contribution is -0.116. The van der Waals surface area contributed by atoms with Gasteiger partial charge in [-0.05, 0) is 37.1 Å². The first-order valence-corrected chi connectivity index (χ1v) is 8.67. The molecule has 0 spiro atoms. The van der Waals surface area contributed by atoms with Gasteiger partial charge in [0.1, 0.15) is 5.75 Å². The molecule has 6 heteroatoms. The lowest BCUT2D eigenvalue weighted by Crippen LogP contribution is -2.13. The fourth-order valence-corrected chi connectivity index (χ4v) is 2.53. The Bertz CT molecular complexity index is 747. The number of benzene rings is 2. The van der Waals surface area contributed by atoms with Crippen molar-refractivity contribution in [1.29, 1.82) is 0 Å². The zero-order valence-electron chi connectivity index (χ0n) is 15.0. The Morgan fingerprint density at radius 1 is 0.846 bits per heavy atom. The minimum atomic E-state index is -0.0682. The molecule has 2 amide bonds. The van der Waals surface area contributed by atoms with E-state index in [2.05, 4.69) is 10.6 Å². The quantitative estimate of drug-likeness (QED) is 0.471. The Hall–Kier alpha value is -3.02. The van der Waals surface area contributed by atoms with Crippen LogP contribution in [0.15, 0.2) is 48.5 Å². The van der Waals surface area contributed by atoms with E-state index in [9.17, 15) is 9.59 Å². The summed E-state index contributed by atoms with van der Waals surface area (Å²) in [6, 6.07) is 14.5. The maximum absolute atomic E-state index is 12.0. The second-order valence-corrected chi connectivity index (χ2v) is 5.94. The summed E-state index contributed by atoms with van der Waals surface area (Å²) in [5.41, 5.74) is 7.64. The molecule has 0 aliphatic heterocycles. The highest BCUT2D eigenvalue weighted by Crippen LogP contribution is 2.23. The number of anilines is 3. The van der Waals surface area contributed by atoms with Crippen LogP contribution in [-0.4, -0.2) is 18.9 Å². The van der Waals surface area contributed by atoms with E-state index in [1.165, 1.54) is 0 Å². The Morgan fingerprint density at radius 2 is 1.38 bits per heavy atom. The molecule has 0 unspecified atom stereocenters. The molecule has 2 aromatic rings. The van der Waals surface area contributed by atoms with Crippen molar-refractivity contribution in [2.45, 2.75) is 32.1 Å². The lowest BCUT2D eigenvalue weighted by atomic mass is 10.1. The molecule has 4 N–H and O–H groups in total. The van der Waals surface area contributed by atoms with Crippen molar-refractivity contribution >= 4 is 28.9 Å². The number of carbonyl (C=O) groups excluding carboxylic acids is 2. The van der Waals surface area contributed by atoms with Crippen LogP contribution >= 0.6 is 0 Å². The van der Waals surface area contributed by atoms with Crippen molar-refractivity contribution in [2.24, 2.45) is 0 Å². The van der Waals surface area contributed by atoms with Crippen molar-refractivity contribution in [3.63, 3.8) is 0 Å². The SMILES string of the molecule is COc1ccccc1NC(=O)CCCCCC(=O)Nc1ccccc1N. The summed E-state index contributed by atoms with van der Waals surface area (Å²) in [5.74, 6) is 0.509. The first-order chi connectivity index (χ1) is 12.6. The number of nitrogens with two attached hydrogens (primary N) is 1. The van der Waals surface area contributed by atoms with Crippen LogP contribution in [-0.2, 0) is 9.59 Å². The molecule has 6 nitrogen and oxygen atoms in total. The molecule has 0 aliphatic rings. The van der Waals surface area contributed by atoms with Crippen molar-refractivity contribution in [2.75, 3.05) is 23.5 Å². The molecule has 0 radical (unpaired) electrons. The number of hydrogen-bond acceptors (Lipinski definition) is 4. The normalized spacial score (nSPS) is 10.2. The zero-order chi connectivity index (χ0) is 18.8. The molecule has 2 aromatic carbocycles. The number of hydrogen-bond donors (Lipinski definition) is 3. The summed E-state index contributed by atoms with van der Waals surface area (Å²) in [7, 11) is 1.57. The number of carbonyl (C=O) groups is 2. The molecule has 0 fully saturated rings. The van der Waals surface area contributed by atoms with Gasteiger partial charge in [-0.25, -0.2) is 0 Å². The fourth-order valence-electron chi connectivity index (χ4n) is 2.53. The lowest BCUT2D eigenvalue weighted by Gasteiger charge is -2.10. The summed E-state index contributed by atoms with van der Waals surface area (Å²) in [5, 5.41) is 5.64. The van der Waals surface area contributed by atoms with Crippen LogP contribution in [0.4, 0.5) is 17.1 Å². The molecule has 0 saturated heterocycles. The van der Waals surface area contributed by atoms with E-state index in [4.69, 9.17) is 10.5 Å². The molecular formula is C20H25N3O3. The first-order valence-electron chi connectivity index (χ1n) is 8.67. The van der Waals surface area contributed by atoms with Crippen LogP contribution in [0, 0.1) is 0 Å². The maximum atomic E-state index is 12.0. The Balaban J connectivity index is 1.63. The molecule has 2 rings (SSSR count). The number of para-hydroxylation sites is 4.